The van der Waals surface area contributed by atoms with Gasteiger partial charge in [0.2, 0.25) is 5.95 Å². The van der Waals surface area contributed by atoms with Gasteiger partial charge in [0.1, 0.15) is 15.4 Å². The van der Waals surface area contributed by atoms with Gasteiger partial charge in [0, 0.05) is 48.9 Å². The highest BCUT2D eigenvalue weighted by molar-refractivity contribution is 7.77. The van der Waals surface area contributed by atoms with Crippen LogP contribution in [0.25, 0.3) is 32.3 Å². The van der Waals surface area contributed by atoms with Gasteiger partial charge in [-0.25, -0.2) is 29.6 Å². The highest BCUT2D eigenvalue weighted by Crippen LogP contribution is 2.35. The zero-order valence-corrected chi connectivity index (χ0v) is 19.6. The minimum atomic E-state index is -2.27. The van der Waals surface area contributed by atoms with Gasteiger partial charge in [-0.05, 0) is 18.1 Å². The van der Waals surface area contributed by atoms with Gasteiger partial charge in [-0.1, -0.05) is 29.5 Å². The Hall–Kier alpha value is -3.10. The lowest BCUT2D eigenvalue weighted by Crippen LogP contribution is -2.37. The molecule has 176 valence electrons. The van der Waals surface area contributed by atoms with Crippen molar-refractivity contribution in [3.05, 3.63) is 42.2 Å². The van der Waals surface area contributed by atoms with Crippen LogP contribution in [0.5, 0.6) is 0 Å². The summed E-state index contributed by atoms with van der Waals surface area (Å²) in [6.45, 7) is 2.99. The first-order valence-electron chi connectivity index (χ1n) is 10.6. The molecule has 0 aliphatic carbocycles. The van der Waals surface area contributed by atoms with E-state index in [1.807, 2.05) is 24.3 Å². The first-order valence-corrected chi connectivity index (χ1v) is 12.5. The molecule has 34 heavy (non-hydrogen) atoms. The van der Waals surface area contributed by atoms with Gasteiger partial charge in [-0.3, -0.25) is 4.21 Å². The number of hydrogen-bond donors (Lipinski definition) is 2. The fraction of sp³-hybridized carbons (Fsp3) is 0.286. The fourth-order valence-corrected chi connectivity index (χ4v) is 4.85. The summed E-state index contributed by atoms with van der Waals surface area (Å²) in [5.74, 6) is 1.45. The minimum absolute atomic E-state index is 0.190. The van der Waals surface area contributed by atoms with Crippen LogP contribution in [0.4, 0.5) is 11.8 Å². The molecule has 1 aromatic carbocycles. The third-order valence-corrected chi connectivity index (χ3v) is 6.73. The van der Waals surface area contributed by atoms with E-state index in [-0.39, 0.29) is 5.95 Å². The third kappa shape index (κ3) is 5.03. The Labute approximate surface area is 201 Å². The molecule has 0 spiro atoms. The van der Waals surface area contributed by atoms with E-state index in [2.05, 4.69) is 19.6 Å². The monoisotopic (exact) mass is 497 g/mol. The molecule has 1 saturated heterocycles. The summed E-state index contributed by atoms with van der Waals surface area (Å²) >= 11 is -0.793. The van der Waals surface area contributed by atoms with Crippen molar-refractivity contribution in [2.24, 2.45) is 0 Å². The Morgan fingerprint density at radius 3 is 2.71 bits per heavy atom. The van der Waals surface area contributed by atoms with Gasteiger partial charge in [0.15, 0.2) is 11.6 Å². The van der Waals surface area contributed by atoms with E-state index < -0.39 is 11.3 Å². The van der Waals surface area contributed by atoms with Gasteiger partial charge < -0.3 is 19.9 Å². The second kappa shape index (κ2) is 10.0. The lowest BCUT2D eigenvalue weighted by Gasteiger charge is -2.28. The first kappa shape index (κ1) is 22.7. The molecule has 3 aromatic heterocycles. The molecule has 11 nitrogen and oxygen atoms in total. The zero-order chi connectivity index (χ0) is 23.5. The lowest BCUT2D eigenvalue weighted by molar-refractivity contribution is 0.122. The number of benzene rings is 1. The SMILES string of the molecule is Nc1ncc(-c2nc(N3CCOCC3)c3nc(-c4cccc(CCNS(=O)[O-])c4)sc3n2)cn1. The molecular weight excluding hydrogens is 476 g/mol. The topological polar surface area (TPSA) is 155 Å². The van der Waals surface area contributed by atoms with Crippen LogP contribution >= 0.6 is 11.3 Å². The number of anilines is 2. The molecule has 0 saturated carbocycles. The second-order valence-electron chi connectivity index (χ2n) is 7.55. The van der Waals surface area contributed by atoms with Crippen molar-refractivity contribution in [2.45, 2.75) is 6.42 Å². The van der Waals surface area contributed by atoms with E-state index in [0.29, 0.717) is 50.7 Å². The molecule has 0 bridgehead atoms. The summed E-state index contributed by atoms with van der Waals surface area (Å²) in [6, 6.07) is 7.90. The molecule has 4 aromatic rings. The van der Waals surface area contributed by atoms with E-state index in [0.717, 1.165) is 32.3 Å². The summed E-state index contributed by atoms with van der Waals surface area (Å²) < 4.78 is 29.4. The van der Waals surface area contributed by atoms with Crippen LogP contribution in [0.15, 0.2) is 36.7 Å². The molecule has 4 heterocycles. The van der Waals surface area contributed by atoms with Crippen LogP contribution in [-0.4, -0.2) is 66.5 Å². The summed E-state index contributed by atoms with van der Waals surface area (Å²) in [5.41, 5.74) is 8.99. The van der Waals surface area contributed by atoms with Crippen LogP contribution in [0, 0.1) is 0 Å². The van der Waals surface area contributed by atoms with Crippen LogP contribution in [-0.2, 0) is 22.4 Å². The van der Waals surface area contributed by atoms with Gasteiger partial charge in [0.25, 0.3) is 0 Å². The summed E-state index contributed by atoms with van der Waals surface area (Å²) in [5, 5.41) is 0.812. The predicted octanol–water partition coefficient (Wildman–Crippen LogP) is 1.56. The predicted molar refractivity (Wildman–Crippen MR) is 130 cm³/mol. The lowest BCUT2D eigenvalue weighted by atomic mass is 10.1. The normalized spacial score (nSPS) is 15.0. The van der Waals surface area contributed by atoms with E-state index in [4.69, 9.17) is 25.4 Å². The number of fused-ring (bicyclic) bond motifs is 1. The highest BCUT2D eigenvalue weighted by atomic mass is 32.2. The van der Waals surface area contributed by atoms with Crippen molar-refractivity contribution >= 4 is 44.7 Å². The Bertz CT molecular complexity index is 1330. The molecule has 1 aliphatic rings. The van der Waals surface area contributed by atoms with E-state index in [1.165, 1.54) is 11.3 Å². The number of aromatic nitrogens is 5. The number of ether oxygens (including phenoxy) is 1. The quantitative estimate of drug-likeness (QED) is 0.359. The molecule has 1 atom stereocenters. The number of nitrogens with zero attached hydrogens (tertiary/aromatic N) is 6. The number of nitrogens with one attached hydrogen (secondary N) is 1. The molecule has 3 N–H and O–H groups in total. The summed E-state index contributed by atoms with van der Waals surface area (Å²) in [6.07, 6.45) is 3.80. The van der Waals surface area contributed by atoms with Crippen molar-refractivity contribution in [3.63, 3.8) is 0 Å². The average molecular weight is 498 g/mol. The van der Waals surface area contributed by atoms with E-state index >= 15 is 0 Å². The smallest absolute Gasteiger partial charge is 0.219 e. The average Bonchev–Trinajstić information content (AvgIpc) is 3.29. The highest BCUT2D eigenvalue weighted by Gasteiger charge is 2.22. The largest absolute Gasteiger partial charge is 0.760 e. The van der Waals surface area contributed by atoms with Crippen LogP contribution < -0.4 is 15.4 Å². The van der Waals surface area contributed by atoms with E-state index in [9.17, 15) is 8.76 Å². The van der Waals surface area contributed by atoms with Crippen molar-refractivity contribution in [1.82, 2.24) is 29.6 Å². The number of nitrogens with two attached hydrogens (primary N) is 1. The van der Waals surface area contributed by atoms with Gasteiger partial charge in [-0.2, -0.15) is 0 Å². The first-order chi connectivity index (χ1) is 16.6. The molecule has 5 rings (SSSR count). The molecule has 13 heteroatoms. The summed E-state index contributed by atoms with van der Waals surface area (Å²) in [4.78, 5) is 25.5. The van der Waals surface area contributed by atoms with Crippen LogP contribution in [0.3, 0.4) is 0 Å². The van der Waals surface area contributed by atoms with Crippen LogP contribution in [0.1, 0.15) is 5.56 Å². The van der Waals surface area contributed by atoms with Crippen molar-refractivity contribution in [3.8, 4) is 22.0 Å². The van der Waals surface area contributed by atoms with Crippen LogP contribution in [0.2, 0.25) is 0 Å². The summed E-state index contributed by atoms with van der Waals surface area (Å²) in [7, 11) is 0. The number of nitrogen functional groups attached to an aromatic ring is 1. The van der Waals surface area contributed by atoms with E-state index in [1.54, 1.807) is 12.4 Å². The molecule has 1 unspecified atom stereocenters. The Morgan fingerprint density at radius 1 is 1.15 bits per heavy atom. The van der Waals surface area contributed by atoms with Gasteiger partial charge in [0.05, 0.1) is 18.8 Å². The second-order valence-corrected chi connectivity index (χ2v) is 9.29. The molecule has 1 aliphatic heterocycles. The minimum Gasteiger partial charge on any atom is -0.760 e. The molecule has 0 amide bonds. The molecular formula is C21H21N8O3S2-. The number of morpholine rings is 1. The maximum absolute atomic E-state index is 10.7. The third-order valence-electron chi connectivity index (χ3n) is 5.29. The maximum atomic E-state index is 10.7. The Balaban J connectivity index is 1.55. The van der Waals surface area contributed by atoms with Gasteiger partial charge >= 0.3 is 0 Å². The number of hydrogen-bond acceptors (Lipinski definition) is 11. The number of thiazole rings is 1. The Kier molecular flexibility index (Phi) is 6.69. The Morgan fingerprint density at radius 2 is 1.94 bits per heavy atom. The van der Waals surface area contributed by atoms with Crippen molar-refractivity contribution in [1.29, 1.82) is 0 Å². The fourth-order valence-electron chi connectivity index (χ4n) is 3.65. The molecule has 0 radical (unpaired) electrons. The van der Waals surface area contributed by atoms with Gasteiger partial charge in [-0.15, -0.1) is 0 Å². The van der Waals surface area contributed by atoms with Crippen molar-refractivity contribution in [2.75, 3.05) is 43.5 Å². The standard InChI is InChI=1S/C21H22N8O3S2/c22-21-23-11-15(12-24-21)17-27-18(29-6-8-32-9-7-29)16-20(28-17)33-19(26-16)14-3-1-2-13(10-14)4-5-25-34(30)31/h1-3,10-12,25H,4-9H2,(H,30,31)(H2,22,23,24)/p-1. The number of rotatable bonds is 7. The van der Waals surface area contributed by atoms with Crippen molar-refractivity contribution < 1.29 is 13.5 Å². The maximum Gasteiger partial charge on any atom is 0.219 e. The molecule has 1 fully saturated rings. The zero-order valence-electron chi connectivity index (χ0n) is 18.0.